The number of nitrogens with one attached hydrogen (secondary N) is 1. The van der Waals surface area contributed by atoms with Crippen LogP contribution in [0.4, 0.5) is 0 Å². The van der Waals surface area contributed by atoms with Gasteiger partial charge in [0, 0.05) is 28.7 Å². The van der Waals surface area contributed by atoms with Crippen LogP contribution in [0.3, 0.4) is 0 Å². The quantitative estimate of drug-likeness (QED) is 0.887. The van der Waals surface area contributed by atoms with E-state index >= 15 is 0 Å². The van der Waals surface area contributed by atoms with Gasteiger partial charge in [-0.15, -0.1) is 0 Å². The zero-order valence-corrected chi connectivity index (χ0v) is 14.5. The molecule has 1 aromatic carbocycles. The van der Waals surface area contributed by atoms with Crippen molar-refractivity contribution < 1.29 is 8.42 Å². The van der Waals surface area contributed by atoms with Crippen molar-refractivity contribution in [3.05, 3.63) is 28.2 Å². The molecule has 0 radical (unpaired) electrons. The lowest BCUT2D eigenvalue weighted by Crippen LogP contribution is -2.44. The Morgan fingerprint density at radius 3 is 2.38 bits per heavy atom. The summed E-state index contributed by atoms with van der Waals surface area (Å²) in [7, 11) is -3.61. The number of benzene rings is 1. The van der Waals surface area contributed by atoms with E-state index in [9.17, 15) is 8.42 Å². The largest absolute Gasteiger partial charge is 0.313 e. The Kier molecular flexibility index (Phi) is 5.54. The molecule has 21 heavy (non-hydrogen) atoms. The van der Waals surface area contributed by atoms with Crippen LogP contribution >= 0.6 is 23.2 Å². The van der Waals surface area contributed by atoms with E-state index in [-0.39, 0.29) is 17.0 Å². The maximum atomic E-state index is 12.8. The van der Waals surface area contributed by atoms with Gasteiger partial charge in [-0.05, 0) is 51.4 Å². The van der Waals surface area contributed by atoms with Crippen molar-refractivity contribution in [3.8, 4) is 0 Å². The second-order valence-electron chi connectivity index (χ2n) is 5.57. The van der Waals surface area contributed by atoms with Crippen molar-refractivity contribution in [1.29, 1.82) is 0 Å². The molecular weight excluding hydrogens is 331 g/mol. The van der Waals surface area contributed by atoms with Crippen LogP contribution in [0.1, 0.15) is 26.7 Å². The molecule has 1 unspecified atom stereocenters. The Balaban J connectivity index is 2.32. The highest BCUT2D eigenvalue weighted by atomic mass is 35.5. The minimum Gasteiger partial charge on any atom is -0.313 e. The third-order valence-corrected chi connectivity index (χ3v) is 6.04. The predicted molar refractivity (Wildman–Crippen MR) is 86.5 cm³/mol. The van der Waals surface area contributed by atoms with Crippen molar-refractivity contribution in [2.24, 2.45) is 0 Å². The van der Waals surface area contributed by atoms with Gasteiger partial charge in [0.15, 0.2) is 0 Å². The van der Waals surface area contributed by atoms with Gasteiger partial charge in [-0.2, -0.15) is 4.31 Å². The van der Waals surface area contributed by atoms with Gasteiger partial charge < -0.3 is 5.32 Å². The first kappa shape index (κ1) is 17.0. The van der Waals surface area contributed by atoms with Crippen LogP contribution in [0, 0.1) is 0 Å². The Hall–Kier alpha value is -0.330. The highest BCUT2D eigenvalue weighted by molar-refractivity contribution is 7.89. The zero-order chi connectivity index (χ0) is 15.6. The lowest BCUT2D eigenvalue weighted by molar-refractivity contribution is 0.322. The van der Waals surface area contributed by atoms with Gasteiger partial charge in [-0.25, -0.2) is 8.42 Å². The number of hydrogen-bond acceptors (Lipinski definition) is 3. The van der Waals surface area contributed by atoms with Crippen molar-refractivity contribution in [2.45, 2.75) is 43.7 Å². The van der Waals surface area contributed by atoms with E-state index in [4.69, 9.17) is 23.2 Å². The van der Waals surface area contributed by atoms with Crippen LogP contribution in [-0.2, 0) is 10.0 Å². The average Bonchev–Trinajstić information content (AvgIpc) is 2.87. The molecule has 1 N–H and O–H groups in total. The van der Waals surface area contributed by atoms with Crippen LogP contribution in [0.2, 0.25) is 10.0 Å². The Labute approximate surface area is 136 Å². The van der Waals surface area contributed by atoms with E-state index in [2.05, 4.69) is 5.32 Å². The molecule has 1 fully saturated rings. The molecule has 118 valence electrons. The lowest BCUT2D eigenvalue weighted by atomic mass is 10.2. The first-order chi connectivity index (χ1) is 9.80. The van der Waals surface area contributed by atoms with E-state index in [0.717, 1.165) is 19.4 Å². The molecule has 1 aromatic rings. The molecule has 1 aliphatic rings. The third kappa shape index (κ3) is 4.11. The summed E-state index contributed by atoms with van der Waals surface area (Å²) in [5.41, 5.74) is 0. The van der Waals surface area contributed by atoms with Crippen LogP contribution in [0.25, 0.3) is 0 Å². The van der Waals surface area contributed by atoms with Crippen LogP contribution in [0.5, 0.6) is 0 Å². The molecule has 0 aromatic heterocycles. The van der Waals surface area contributed by atoms with Crippen molar-refractivity contribution >= 4 is 33.2 Å². The normalized spacial score (nSPS) is 19.6. The second kappa shape index (κ2) is 6.84. The molecule has 7 heteroatoms. The van der Waals surface area contributed by atoms with Crippen molar-refractivity contribution in [3.63, 3.8) is 0 Å². The summed E-state index contributed by atoms with van der Waals surface area (Å²) in [6.07, 6.45) is 2.08. The summed E-state index contributed by atoms with van der Waals surface area (Å²) in [5.74, 6) is 0. The molecule has 1 aliphatic heterocycles. The number of nitrogens with zero attached hydrogens (tertiary/aromatic N) is 1. The van der Waals surface area contributed by atoms with E-state index < -0.39 is 10.0 Å². The monoisotopic (exact) mass is 350 g/mol. The topological polar surface area (TPSA) is 49.4 Å². The highest BCUT2D eigenvalue weighted by Crippen LogP contribution is 2.26. The second-order valence-corrected chi connectivity index (χ2v) is 8.33. The summed E-state index contributed by atoms with van der Waals surface area (Å²) in [5, 5.41) is 3.98. The van der Waals surface area contributed by atoms with Gasteiger partial charge >= 0.3 is 0 Å². The predicted octanol–water partition coefficient (Wildman–Crippen LogP) is 3.14. The SMILES string of the molecule is CC(C)N(CC1CCCN1)S(=O)(=O)c1cc(Cl)cc(Cl)c1. The number of rotatable bonds is 5. The van der Waals surface area contributed by atoms with Gasteiger partial charge in [-0.3, -0.25) is 0 Å². The number of halogens is 2. The van der Waals surface area contributed by atoms with Gasteiger partial charge in [-0.1, -0.05) is 23.2 Å². The minimum atomic E-state index is -3.61. The van der Waals surface area contributed by atoms with E-state index in [1.54, 1.807) is 0 Å². The smallest absolute Gasteiger partial charge is 0.243 e. The first-order valence-corrected chi connectivity index (χ1v) is 9.21. The maximum absolute atomic E-state index is 12.8. The molecule has 1 saturated heterocycles. The average molecular weight is 351 g/mol. The van der Waals surface area contributed by atoms with Crippen LogP contribution < -0.4 is 5.32 Å². The fourth-order valence-electron chi connectivity index (χ4n) is 2.53. The van der Waals surface area contributed by atoms with Crippen molar-refractivity contribution in [2.75, 3.05) is 13.1 Å². The minimum absolute atomic E-state index is 0.129. The first-order valence-electron chi connectivity index (χ1n) is 7.02. The maximum Gasteiger partial charge on any atom is 0.243 e. The van der Waals surface area contributed by atoms with Gasteiger partial charge in [0.1, 0.15) is 0 Å². The molecule has 0 amide bonds. The molecule has 0 bridgehead atoms. The van der Waals surface area contributed by atoms with Gasteiger partial charge in [0.2, 0.25) is 10.0 Å². The summed E-state index contributed by atoms with van der Waals surface area (Å²) in [4.78, 5) is 0.145. The molecular formula is C14H20Cl2N2O2S. The Bertz CT molecular complexity index is 579. The molecule has 4 nitrogen and oxygen atoms in total. The molecule has 0 spiro atoms. The summed E-state index contributed by atoms with van der Waals surface area (Å²) in [6.45, 7) is 5.15. The molecule has 1 heterocycles. The Morgan fingerprint density at radius 1 is 1.29 bits per heavy atom. The van der Waals surface area contributed by atoms with Crippen LogP contribution in [-0.4, -0.2) is 37.9 Å². The fourth-order valence-corrected chi connectivity index (χ4v) is 4.94. The van der Waals surface area contributed by atoms with E-state index in [1.807, 2.05) is 13.8 Å². The summed E-state index contributed by atoms with van der Waals surface area (Å²) in [6, 6.07) is 4.49. The standard InChI is InChI=1S/C14H20Cl2N2O2S/c1-10(2)18(9-13-4-3-5-17-13)21(19,20)14-7-11(15)6-12(16)8-14/h6-8,10,13,17H,3-5,9H2,1-2H3. The Morgan fingerprint density at radius 2 is 1.90 bits per heavy atom. The summed E-state index contributed by atoms with van der Waals surface area (Å²) >= 11 is 11.9. The summed E-state index contributed by atoms with van der Waals surface area (Å²) < 4.78 is 27.2. The molecule has 0 aliphatic carbocycles. The van der Waals surface area contributed by atoms with E-state index in [0.29, 0.717) is 16.6 Å². The van der Waals surface area contributed by atoms with Crippen LogP contribution in [0.15, 0.2) is 23.1 Å². The van der Waals surface area contributed by atoms with E-state index in [1.165, 1.54) is 22.5 Å². The fraction of sp³-hybridized carbons (Fsp3) is 0.571. The van der Waals surface area contributed by atoms with Gasteiger partial charge in [0.25, 0.3) is 0 Å². The molecule has 1 atom stereocenters. The highest BCUT2D eigenvalue weighted by Gasteiger charge is 2.30. The number of sulfonamides is 1. The number of hydrogen-bond donors (Lipinski definition) is 1. The van der Waals surface area contributed by atoms with Crippen molar-refractivity contribution in [1.82, 2.24) is 9.62 Å². The van der Waals surface area contributed by atoms with Gasteiger partial charge in [0.05, 0.1) is 4.90 Å². The third-order valence-electron chi connectivity index (χ3n) is 3.58. The zero-order valence-electron chi connectivity index (χ0n) is 12.1. The molecule has 0 saturated carbocycles. The lowest BCUT2D eigenvalue weighted by Gasteiger charge is -2.28. The molecule has 2 rings (SSSR count).